The molecule has 0 unspecified atom stereocenters. The molecular weight excluding hydrogens is 243 g/mol. The smallest absolute Gasteiger partial charge is 0.384 e. The second-order valence-corrected chi connectivity index (χ2v) is 3.83. The number of nitrogens with zero attached hydrogens (tertiary/aromatic N) is 2. The van der Waals surface area contributed by atoms with Crippen LogP contribution in [0.25, 0.3) is 11.3 Å². The molecule has 6 heteroatoms. The largest absolute Gasteiger partial charge is 0.433 e. The Morgan fingerprint density at radius 1 is 1.22 bits per heavy atom. The van der Waals surface area contributed by atoms with E-state index in [9.17, 15) is 13.2 Å². The van der Waals surface area contributed by atoms with Gasteiger partial charge in [-0.3, -0.25) is 4.98 Å². The molecule has 2 aromatic heterocycles. The normalized spacial score (nSPS) is 11.6. The van der Waals surface area contributed by atoms with E-state index in [4.69, 9.17) is 5.73 Å². The third-order valence-electron chi connectivity index (χ3n) is 2.41. The Bertz CT molecular complexity index is 579. The van der Waals surface area contributed by atoms with Crippen molar-refractivity contribution in [3.63, 3.8) is 0 Å². The highest BCUT2D eigenvalue weighted by molar-refractivity contribution is 5.61. The minimum atomic E-state index is -4.44. The Kier molecular flexibility index (Phi) is 2.94. The summed E-state index contributed by atoms with van der Waals surface area (Å²) in [5.74, 6) is 0.310. The third kappa shape index (κ3) is 2.42. The van der Waals surface area contributed by atoms with Crippen LogP contribution in [0.1, 0.15) is 11.3 Å². The van der Waals surface area contributed by atoms with Crippen LogP contribution in [-0.4, -0.2) is 9.97 Å². The van der Waals surface area contributed by atoms with Crippen LogP contribution >= 0.6 is 0 Å². The first-order valence-electron chi connectivity index (χ1n) is 5.14. The zero-order chi connectivity index (χ0) is 13.3. The molecule has 18 heavy (non-hydrogen) atoms. The van der Waals surface area contributed by atoms with E-state index in [1.807, 2.05) is 0 Å². The average Bonchev–Trinajstić information content (AvgIpc) is 2.27. The van der Waals surface area contributed by atoms with Crippen LogP contribution < -0.4 is 5.73 Å². The monoisotopic (exact) mass is 253 g/mol. The summed E-state index contributed by atoms with van der Waals surface area (Å²) in [4.78, 5) is 7.48. The Labute approximate surface area is 101 Å². The molecule has 2 rings (SSSR count). The highest BCUT2D eigenvalue weighted by atomic mass is 19.4. The van der Waals surface area contributed by atoms with Crippen molar-refractivity contribution >= 4 is 5.82 Å². The van der Waals surface area contributed by atoms with Crippen molar-refractivity contribution in [2.45, 2.75) is 13.1 Å². The van der Waals surface area contributed by atoms with E-state index in [1.165, 1.54) is 13.0 Å². The summed E-state index contributed by atoms with van der Waals surface area (Å²) in [5, 5.41) is 0. The molecule has 2 heterocycles. The second-order valence-electron chi connectivity index (χ2n) is 3.83. The van der Waals surface area contributed by atoms with Crippen molar-refractivity contribution in [1.29, 1.82) is 0 Å². The number of nitrogen functional groups attached to an aromatic ring is 1. The van der Waals surface area contributed by atoms with Crippen LogP contribution in [0.2, 0.25) is 0 Å². The summed E-state index contributed by atoms with van der Waals surface area (Å²) in [6, 6.07) is 6.36. The number of anilines is 1. The van der Waals surface area contributed by atoms with E-state index in [2.05, 4.69) is 9.97 Å². The topological polar surface area (TPSA) is 51.8 Å². The van der Waals surface area contributed by atoms with Gasteiger partial charge in [-0.25, -0.2) is 4.98 Å². The van der Waals surface area contributed by atoms with E-state index in [0.717, 1.165) is 6.20 Å². The molecule has 0 bridgehead atoms. The zero-order valence-electron chi connectivity index (χ0n) is 9.49. The summed E-state index contributed by atoms with van der Waals surface area (Å²) >= 11 is 0. The van der Waals surface area contributed by atoms with Crippen LogP contribution in [0, 0.1) is 6.92 Å². The van der Waals surface area contributed by atoms with E-state index in [-0.39, 0.29) is 5.56 Å². The third-order valence-corrected chi connectivity index (χ3v) is 2.41. The number of pyridine rings is 2. The van der Waals surface area contributed by atoms with Gasteiger partial charge in [-0.05, 0) is 30.7 Å². The molecule has 0 amide bonds. The number of rotatable bonds is 1. The number of hydrogen-bond acceptors (Lipinski definition) is 3. The van der Waals surface area contributed by atoms with Crippen molar-refractivity contribution in [3.8, 4) is 11.3 Å². The fourth-order valence-corrected chi connectivity index (χ4v) is 1.62. The minimum Gasteiger partial charge on any atom is -0.384 e. The van der Waals surface area contributed by atoms with Crippen LogP contribution in [0.3, 0.4) is 0 Å². The summed E-state index contributed by atoms with van der Waals surface area (Å²) in [7, 11) is 0. The molecule has 3 nitrogen and oxygen atoms in total. The van der Waals surface area contributed by atoms with Gasteiger partial charge >= 0.3 is 6.18 Å². The molecule has 2 aromatic rings. The molecule has 0 atom stereocenters. The summed E-state index contributed by atoms with van der Waals surface area (Å²) in [5.41, 5.74) is 5.71. The lowest BCUT2D eigenvalue weighted by Crippen LogP contribution is -2.10. The van der Waals surface area contributed by atoms with Crippen LogP contribution in [0.15, 0.2) is 30.5 Å². The standard InChI is InChI=1S/C12H10F3N3/c1-7-5-8(6-17-11(7)12(13,14)15)9-3-2-4-10(16)18-9/h2-6H,1H3,(H2,16,18). The molecule has 0 spiro atoms. The maximum atomic E-state index is 12.5. The van der Waals surface area contributed by atoms with Crippen molar-refractivity contribution < 1.29 is 13.2 Å². The van der Waals surface area contributed by atoms with Gasteiger partial charge in [0.2, 0.25) is 0 Å². The van der Waals surface area contributed by atoms with Gasteiger partial charge in [-0.2, -0.15) is 13.2 Å². The Morgan fingerprint density at radius 3 is 2.50 bits per heavy atom. The van der Waals surface area contributed by atoms with Gasteiger partial charge in [-0.1, -0.05) is 6.07 Å². The lowest BCUT2D eigenvalue weighted by molar-refractivity contribution is -0.141. The quantitative estimate of drug-likeness (QED) is 0.849. The van der Waals surface area contributed by atoms with Crippen LogP contribution in [0.5, 0.6) is 0 Å². The van der Waals surface area contributed by atoms with Crippen molar-refractivity contribution in [2.24, 2.45) is 0 Å². The molecule has 0 aromatic carbocycles. The number of alkyl halides is 3. The van der Waals surface area contributed by atoms with Gasteiger partial charge in [0.05, 0.1) is 5.69 Å². The predicted molar refractivity (Wildman–Crippen MR) is 61.6 cm³/mol. The van der Waals surface area contributed by atoms with Gasteiger partial charge in [0.1, 0.15) is 11.5 Å². The first kappa shape index (κ1) is 12.3. The summed E-state index contributed by atoms with van der Waals surface area (Å²) in [6.07, 6.45) is -3.29. The number of halogens is 3. The Morgan fingerprint density at radius 2 is 1.94 bits per heavy atom. The Balaban J connectivity index is 2.47. The molecular formula is C12H10F3N3. The molecule has 0 aliphatic heterocycles. The maximum absolute atomic E-state index is 12.5. The van der Waals surface area contributed by atoms with Crippen LogP contribution in [-0.2, 0) is 6.18 Å². The highest BCUT2D eigenvalue weighted by Crippen LogP contribution is 2.31. The fraction of sp³-hybridized carbons (Fsp3) is 0.167. The number of aromatic nitrogens is 2. The van der Waals surface area contributed by atoms with E-state index >= 15 is 0 Å². The van der Waals surface area contributed by atoms with Crippen molar-refractivity contribution in [1.82, 2.24) is 9.97 Å². The Hall–Kier alpha value is -2.11. The molecule has 0 saturated heterocycles. The first-order chi connectivity index (χ1) is 8.38. The number of aryl methyl sites for hydroxylation is 1. The summed E-state index contributed by atoms with van der Waals surface area (Å²) in [6.45, 7) is 1.37. The lowest BCUT2D eigenvalue weighted by Gasteiger charge is -2.10. The molecule has 0 aliphatic rings. The van der Waals surface area contributed by atoms with Crippen LogP contribution in [0.4, 0.5) is 19.0 Å². The lowest BCUT2D eigenvalue weighted by atomic mass is 10.1. The second kappa shape index (κ2) is 4.29. The number of nitrogens with two attached hydrogens (primary N) is 1. The molecule has 0 aliphatic carbocycles. The highest BCUT2D eigenvalue weighted by Gasteiger charge is 2.34. The van der Waals surface area contributed by atoms with E-state index in [1.54, 1.807) is 18.2 Å². The van der Waals surface area contributed by atoms with Gasteiger partial charge in [0.15, 0.2) is 0 Å². The SMILES string of the molecule is Cc1cc(-c2cccc(N)n2)cnc1C(F)(F)F. The maximum Gasteiger partial charge on any atom is 0.433 e. The fourth-order valence-electron chi connectivity index (χ4n) is 1.62. The van der Waals surface area contributed by atoms with Crippen molar-refractivity contribution in [3.05, 3.63) is 41.7 Å². The van der Waals surface area contributed by atoms with E-state index in [0.29, 0.717) is 17.1 Å². The average molecular weight is 253 g/mol. The van der Waals surface area contributed by atoms with Gasteiger partial charge in [0.25, 0.3) is 0 Å². The van der Waals surface area contributed by atoms with E-state index < -0.39 is 11.9 Å². The van der Waals surface area contributed by atoms with Gasteiger partial charge < -0.3 is 5.73 Å². The molecule has 0 saturated carbocycles. The molecule has 94 valence electrons. The first-order valence-corrected chi connectivity index (χ1v) is 5.14. The zero-order valence-corrected chi connectivity index (χ0v) is 9.49. The summed E-state index contributed by atoms with van der Waals surface area (Å²) < 4.78 is 37.6. The van der Waals surface area contributed by atoms with Gasteiger partial charge in [-0.15, -0.1) is 0 Å². The molecule has 0 fully saturated rings. The number of hydrogen-bond donors (Lipinski definition) is 1. The minimum absolute atomic E-state index is 0.0595. The predicted octanol–water partition coefficient (Wildman–Crippen LogP) is 3.05. The molecule has 0 radical (unpaired) electrons. The van der Waals surface area contributed by atoms with Crippen molar-refractivity contribution in [2.75, 3.05) is 5.73 Å². The molecule has 2 N–H and O–H groups in total. The van der Waals surface area contributed by atoms with Gasteiger partial charge in [0, 0.05) is 11.8 Å².